The molecule has 0 amide bonds. The van der Waals surface area contributed by atoms with E-state index in [1.807, 2.05) is 41.1 Å². The van der Waals surface area contributed by atoms with Crippen LogP contribution in [0.25, 0.3) is 34.0 Å². The first-order valence-electron chi connectivity index (χ1n) is 10.9. The van der Waals surface area contributed by atoms with Gasteiger partial charge in [0.25, 0.3) is 0 Å². The number of nitrogens with one attached hydrogen (secondary N) is 1. The maximum Gasteiger partial charge on any atom is 0.303 e. The van der Waals surface area contributed by atoms with Crippen molar-refractivity contribution in [1.82, 2.24) is 25.1 Å². The highest BCUT2D eigenvalue weighted by Crippen LogP contribution is 2.30. The number of ether oxygens (including phenoxy) is 1. The lowest BCUT2D eigenvalue weighted by molar-refractivity contribution is -0.138. The number of carboxylic acid groups (broad SMARTS) is 1. The Balaban J connectivity index is 1.20. The third kappa shape index (κ3) is 5.09. The van der Waals surface area contributed by atoms with E-state index in [0.717, 1.165) is 48.1 Å². The molecule has 4 aromatic rings. The van der Waals surface area contributed by atoms with Crippen LogP contribution in [0.3, 0.4) is 0 Å². The molecule has 0 saturated heterocycles. The number of hydrogen-bond acceptors (Lipinski definition) is 7. The fraction of sp³-hybridized carbons (Fsp3) is 0.292. The Hall–Kier alpha value is -3.59. The summed E-state index contributed by atoms with van der Waals surface area (Å²) in [6.45, 7) is 0. The molecule has 0 aromatic carbocycles. The van der Waals surface area contributed by atoms with Crippen LogP contribution in [-0.4, -0.2) is 42.3 Å². The van der Waals surface area contributed by atoms with Crippen LogP contribution < -0.4 is 4.74 Å². The predicted molar refractivity (Wildman–Crippen MR) is 125 cm³/mol. The summed E-state index contributed by atoms with van der Waals surface area (Å²) in [7, 11) is 0. The van der Waals surface area contributed by atoms with Gasteiger partial charge in [-0.15, -0.1) is 0 Å². The van der Waals surface area contributed by atoms with E-state index in [2.05, 4.69) is 25.1 Å². The molecular formula is C24H23N5O3S. The second-order valence-corrected chi connectivity index (χ2v) is 8.98. The lowest BCUT2D eigenvalue weighted by Gasteiger charge is -2.27. The molecule has 1 fully saturated rings. The molecular weight excluding hydrogens is 438 g/mol. The Bertz CT molecular complexity index is 1200. The number of nitrogens with zero attached hydrogens (tertiary/aromatic N) is 4. The van der Waals surface area contributed by atoms with Crippen molar-refractivity contribution in [3.8, 4) is 39.9 Å². The smallest absolute Gasteiger partial charge is 0.303 e. The van der Waals surface area contributed by atoms with Crippen molar-refractivity contribution in [3.05, 3.63) is 53.5 Å². The van der Waals surface area contributed by atoms with Gasteiger partial charge < -0.3 is 9.84 Å². The van der Waals surface area contributed by atoms with Crippen molar-refractivity contribution in [3.63, 3.8) is 0 Å². The molecule has 9 heteroatoms. The summed E-state index contributed by atoms with van der Waals surface area (Å²) < 4.78 is 6.01. The van der Waals surface area contributed by atoms with Crippen LogP contribution >= 0.6 is 11.3 Å². The highest BCUT2D eigenvalue weighted by atomic mass is 32.1. The second-order valence-electron chi connectivity index (χ2n) is 8.20. The number of thiophene rings is 1. The molecule has 0 unspecified atom stereocenters. The van der Waals surface area contributed by atoms with E-state index in [4.69, 9.17) is 9.84 Å². The number of H-pyrrole nitrogens is 1. The third-order valence-corrected chi connectivity index (χ3v) is 6.56. The molecule has 1 aliphatic rings. The van der Waals surface area contributed by atoms with Gasteiger partial charge in [-0.25, -0.2) is 9.97 Å². The Morgan fingerprint density at radius 1 is 1.03 bits per heavy atom. The van der Waals surface area contributed by atoms with E-state index < -0.39 is 5.97 Å². The van der Waals surface area contributed by atoms with Crippen LogP contribution in [0.5, 0.6) is 5.88 Å². The minimum atomic E-state index is -0.720. The van der Waals surface area contributed by atoms with Gasteiger partial charge in [0.2, 0.25) is 5.88 Å². The Kier molecular flexibility index (Phi) is 6.12. The van der Waals surface area contributed by atoms with Gasteiger partial charge in [-0.1, -0.05) is 0 Å². The molecule has 0 aliphatic heterocycles. The summed E-state index contributed by atoms with van der Waals surface area (Å²) in [6.07, 6.45) is 7.35. The molecule has 0 atom stereocenters. The highest BCUT2D eigenvalue weighted by Gasteiger charge is 2.24. The third-order valence-electron chi connectivity index (χ3n) is 5.88. The lowest BCUT2D eigenvalue weighted by Crippen LogP contribution is -2.25. The van der Waals surface area contributed by atoms with Crippen molar-refractivity contribution in [2.45, 2.75) is 38.2 Å². The molecule has 4 heterocycles. The number of carbonyl (C=O) groups is 1. The number of hydrogen-bond donors (Lipinski definition) is 2. The number of aliphatic carboxylic acids is 1. The maximum absolute atomic E-state index is 10.9. The van der Waals surface area contributed by atoms with Crippen LogP contribution in [0, 0.1) is 5.92 Å². The largest absolute Gasteiger partial charge is 0.481 e. The van der Waals surface area contributed by atoms with E-state index in [0.29, 0.717) is 17.5 Å². The van der Waals surface area contributed by atoms with Crippen LogP contribution in [0.4, 0.5) is 0 Å². The Labute approximate surface area is 194 Å². The zero-order valence-corrected chi connectivity index (χ0v) is 18.7. The summed E-state index contributed by atoms with van der Waals surface area (Å²) in [4.78, 5) is 24.4. The van der Waals surface area contributed by atoms with Gasteiger partial charge in [0.05, 0.1) is 5.69 Å². The normalized spacial score (nSPS) is 18.2. The minimum Gasteiger partial charge on any atom is -0.481 e. The van der Waals surface area contributed by atoms with Crippen LogP contribution in [-0.2, 0) is 4.79 Å². The zero-order valence-electron chi connectivity index (χ0n) is 17.8. The van der Waals surface area contributed by atoms with Gasteiger partial charge in [0.15, 0.2) is 11.6 Å². The Morgan fingerprint density at radius 2 is 1.85 bits per heavy atom. The summed E-state index contributed by atoms with van der Waals surface area (Å²) in [5.74, 6) is 1.47. The molecule has 4 aromatic heterocycles. The van der Waals surface area contributed by atoms with E-state index in [9.17, 15) is 4.79 Å². The molecule has 0 bridgehead atoms. The quantitative estimate of drug-likeness (QED) is 0.395. The summed E-state index contributed by atoms with van der Waals surface area (Å²) in [5.41, 5.74) is 3.56. The average molecular weight is 462 g/mol. The average Bonchev–Trinajstić information content (AvgIpc) is 3.53. The van der Waals surface area contributed by atoms with E-state index >= 15 is 0 Å². The predicted octanol–water partition coefficient (Wildman–Crippen LogP) is 5.07. The molecule has 1 saturated carbocycles. The van der Waals surface area contributed by atoms with Crippen molar-refractivity contribution in [1.29, 1.82) is 0 Å². The van der Waals surface area contributed by atoms with Gasteiger partial charge in [-0.2, -0.15) is 16.4 Å². The molecule has 1 aliphatic carbocycles. The number of pyridine rings is 2. The first-order valence-corrected chi connectivity index (χ1v) is 11.8. The van der Waals surface area contributed by atoms with Crippen LogP contribution in [0.15, 0.2) is 53.5 Å². The van der Waals surface area contributed by atoms with Crippen molar-refractivity contribution in [2.75, 3.05) is 0 Å². The first-order chi connectivity index (χ1) is 16.1. The first kappa shape index (κ1) is 21.3. The zero-order chi connectivity index (χ0) is 22.6. The second kappa shape index (κ2) is 9.50. The van der Waals surface area contributed by atoms with Crippen molar-refractivity contribution in [2.24, 2.45) is 5.92 Å². The molecule has 0 spiro atoms. The Morgan fingerprint density at radius 3 is 2.52 bits per heavy atom. The number of aromatic amines is 1. The maximum atomic E-state index is 10.9. The fourth-order valence-corrected chi connectivity index (χ4v) is 4.72. The van der Waals surface area contributed by atoms with Crippen LogP contribution in [0.2, 0.25) is 0 Å². The summed E-state index contributed by atoms with van der Waals surface area (Å²) >= 11 is 1.61. The molecule has 33 heavy (non-hydrogen) atoms. The molecule has 5 rings (SSSR count). The summed E-state index contributed by atoms with van der Waals surface area (Å²) in [6, 6.07) is 9.69. The van der Waals surface area contributed by atoms with Crippen molar-refractivity contribution < 1.29 is 14.6 Å². The van der Waals surface area contributed by atoms with Gasteiger partial charge in [-0.05, 0) is 61.2 Å². The van der Waals surface area contributed by atoms with E-state index in [1.165, 1.54) is 0 Å². The topological polar surface area (TPSA) is 114 Å². The molecule has 8 nitrogen and oxygen atoms in total. The van der Waals surface area contributed by atoms with E-state index in [1.54, 1.807) is 23.7 Å². The molecule has 2 N–H and O–H groups in total. The van der Waals surface area contributed by atoms with Gasteiger partial charge >= 0.3 is 5.97 Å². The van der Waals surface area contributed by atoms with Gasteiger partial charge in [0, 0.05) is 47.0 Å². The highest BCUT2D eigenvalue weighted by molar-refractivity contribution is 7.08. The number of carboxylic acids is 1. The minimum absolute atomic E-state index is 0.0895. The molecule has 0 radical (unpaired) electrons. The number of rotatable bonds is 7. The van der Waals surface area contributed by atoms with E-state index in [-0.39, 0.29) is 18.4 Å². The van der Waals surface area contributed by atoms with Crippen LogP contribution in [0.1, 0.15) is 32.1 Å². The molecule has 168 valence electrons. The number of aromatic nitrogens is 5. The van der Waals surface area contributed by atoms with Gasteiger partial charge in [-0.3, -0.25) is 14.9 Å². The SMILES string of the molecule is O=C(O)CC1CCC(Oc2ccc(-c3ccc(-c4nc(-c5ccsc5)n[nH]4)cn3)cn2)CC1. The van der Waals surface area contributed by atoms with Gasteiger partial charge in [0.1, 0.15) is 6.10 Å². The fourth-order valence-electron chi connectivity index (χ4n) is 4.09. The standard InChI is InChI=1S/C24H23N5O3S/c30-22(31)11-15-1-5-19(6-2-15)32-21-8-4-16(12-26-21)20-7-3-17(13-25-20)23-27-24(29-28-23)18-9-10-33-14-18/h3-4,7-10,12-15,19H,1-2,5-6,11H2,(H,30,31)(H,27,28,29). The monoisotopic (exact) mass is 461 g/mol. The lowest BCUT2D eigenvalue weighted by atomic mass is 9.85. The van der Waals surface area contributed by atoms with Crippen molar-refractivity contribution >= 4 is 17.3 Å². The summed E-state index contributed by atoms with van der Waals surface area (Å²) in [5, 5.41) is 20.2.